The monoisotopic (exact) mass is 442 g/mol. The number of para-hydroxylation sites is 2. The molecule has 2 heterocycles. The maximum atomic E-state index is 13.0. The minimum atomic E-state index is -0.190. The van der Waals surface area contributed by atoms with E-state index in [1.54, 1.807) is 4.68 Å². The van der Waals surface area contributed by atoms with Gasteiger partial charge >= 0.3 is 0 Å². The second-order valence-corrected chi connectivity index (χ2v) is 7.96. The highest BCUT2D eigenvalue weighted by molar-refractivity contribution is 7.98. The first-order valence-electron chi connectivity index (χ1n) is 9.90. The highest BCUT2D eigenvalue weighted by Crippen LogP contribution is 2.27. The lowest BCUT2D eigenvalue weighted by atomic mass is 10.1. The quantitative estimate of drug-likeness (QED) is 0.382. The number of oxazole rings is 1. The molecule has 0 aliphatic rings. The number of carbonyl (C=O) groups excluding carboxylic acids is 1. The van der Waals surface area contributed by atoms with Gasteiger partial charge in [0.15, 0.2) is 11.4 Å². The maximum Gasteiger partial charge on any atom is 0.257 e. The van der Waals surface area contributed by atoms with Crippen LogP contribution in [0.15, 0.2) is 82.4 Å². The van der Waals surface area contributed by atoms with Gasteiger partial charge < -0.3 is 9.73 Å². The van der Waals surface area contributed by atoms with Gasteiger partial charge in [0.05, 0.1) is 5.69 Å². The topological polar surface area (TPSA) is 98.7 Å². The van der Waals surface area contributed by atoms with E-state index in [-0.39, 0.29) is 5.91 Å². The maximum absolute atomic E-state index is 13.0. The number of tetrazole rings is 1. The Morgan fingerprint density at radius 2 is 1.91 bits per heavy atom. The van der Waals surface area contributed by atoms with E-state index in [0.717, 1.165) is 22.4 Å². The lowest BCUT2D eigenvalue weighted by Crippen LogP contribution is -2.14. The molecular formula is C23H18N6O2S. The van der Waals surface area contributed by atoms with Crippen molar-refractivity contribution in [3.05, 3.63) is 89.7 Å². The van der Waals surface area contributed by atoms with Crippen LogP contribution < -0.4 is 5.32 Å². The number of hydrogen-bond donors (Lipinski definition) is 1. The summed E-state index contributed by atoms with van der Waals surface area (Å²) in [6.45, 7) is 1.82. The van der Waals surface area contributed by atoms with E-state index >= 15 is 0 Å². The van der Waals surface area contributed by atoms with Gasteiger partial charge in [-0.1, -0.05) is 48.2 Å². The average molecular weight is 443 g/mol. The Hall–Kier alpha value is -3.98. The molecule has 3 aromatic carbocycles. The van der Waals surface area contributed by atoms with Gasteiger partial charge in [-0.3, -0.25) is 4.79 Å². The number of aryl methyl sites for hydroxylation is 1. The fraction of sp³-hybridized carbons (Fsp3) is 0.0870. The Labute approximate surface area is 187 Å². The first kappa shape index (κ1) is 20.0. The average Bonchev–Trinajstić information content (AvgIpc) is 3.43. The third-order valence-corrected chi connectivity index (χ3v) is 5.74. The molecule has 0 saturated heterocycles. The van der Waals surface area contributed by atoms with Crippen LogP contribution in [-0.4, -0.2) is 31.1 Å². The van der Waals surface area contributed by atoms with Crippen LogP contribution in [0.5, 0.6) is 0 Å². The minimum Gasteiger partial charge on any atom is -0.431 e. The van der Waals surface area contributed by atoms with E-state index in [1.807, 2.05) is 79.7 Å². The predicted molar refractivity (Wildman–Crippen MR) is 122 cm³/mol. The second kappa shape index (κ2) is 8.64. The second-order valence-electron chi connectivity index (χ2n) is 7.04. The number of thioether (sulfide) groups is 1. The van der Waals surface area contributed by atoms with Crippen LogP contribution in [0.3, 0.4) is 0 Å². The zero-order valence-electron chi connectivity index (χ0n) is 17.1. The lowest BCUT2D eigenvalue weighted by Gasteiger charge is -2.11. The molecule has 2 aromatic heterocycles. The number of rotatable bonds is 6. The molecule has 0 aliphatic carbocycles. The Kier molecular flexibility index (Phi) is 5.39. The molecule has 32 heavy (non-hydrogen) atoms. The third kappa shape index (κ3) is 4.10. The van der Waals surface area contributed by atoms with Crippen LogP contribution in [-0.2, 0) is 5.75 Å². The van der Waals surface area contributed by atoms with E-state index < -0.39 is 0 Å². The van der Waals surface area contributed by atoms with E-state index in [4.69, 9.17) is 4.42 Å². The number of carbonyl (C=O) groups is 1. The van der Waals surface area contributed by atoms with Crippen LogP contribution in [0.4, 0.5) is 5.69 Å². The molecule has 0 saturated carbocycles. The van der Waals surface area contributed by atoms with Crippen molar-refractivity contribution in [2.75, 3.05) is 5.32 Å². The van der Waals surface area contributed by atoms with E-state index in [9.17, 15) is 4.79 Å². The molecule has 5 aromatic rings. The molecule has 1 amide bonds. The number of anilines is 1. The van der Waals surface area contributed by atoms with Crippen molar-refractivity contribution in [2.24, 2.45) is 0 Å². The first-order valence-corrected chi connectivity index (χ1v) is 10.9. The number of amides is 1. The molecule has 9 heteroatoms. The van der Waals surface area contributed by atoms with Crippen LogP contribution in [0, 0.1) is 6.92 Å². The zero-order valence-corrected chi connectivity index (χ0v) is 17.9. The zero-order chi connectivity index (χ0) is 21.9. The van der Waals surface area contributed by atoms with Crippen molar-refractivity contribution in [2.45, 2.75) is 17.9 Å². The number of benzene rings is 3. The van der Waals surface area contributed by atoms with Gasteiger partial charge in [0.2, 0.25) is 0 Å². The van der Waals surface area contributed by atoms with Crippen LogP contribution >= 0.6 is 11.8 Å². The van der Waals surface area contributed by atoms with Gasteiger partial charge in [-0.05, 0) is 59.3 Å². The number of nitrogens with one attached hydrogen (secondary N) is 1. The molecule has 0 fully saturated rings. The molecular weight excluding hydrogens is 424 g/mol. The summed E-state index contributed by atoms with van der Waals surface area (Å²) in [5, 5.41) is 15.1. The Morgan fingerprint density at radius 3 is 2.75 bits per heavy atom. The molecule has 0 radical (unpaired) electrons. The summed E-state index contributed by atoms with van der Waals surface area (Å²) in [6, 6.07) is 22.5. The molecule has 0 atom stereocenters. The Balaban J connectivity index is 1.33. The van der Waals surface area contributed by atoms with Crippen molar-refractivity contribution in [1.29, 1.82) is 0 Å². The van der Waals surface area contributed by atoms with Crippen molar-refractivity contribution in [3.63, 3.8) is 0 Å². The summed E-state index contributed by atoms with van der Waals surface area (Å²) >= 11 is 1.46. The van der Waals surface area contributed by atoms with Crippen LogP contribution in [0.25, 0.3) is 16.8 Å². The number of fused-ring (bicyclic) bond motifs is 1. The van der Waals surface area contributed by atoms with Crippen LogP contribution in [0.2, 0.25) is 0 Å². The summed E-state index contributed by atoms with van der Waals surface area (Å²) in [5.41, 5.74) is 4.48. The SMILES string of the molecule is Cc1nnnn1-c1cccc(NC(=O)c2ccccc2CSc2nc3ccccc3o2)c1. The molecule has 8 nitrogen and oxygen atoms in total. The highest BCUT2D eigenvalue weighted by Gasteiger charge is 2.14. The van der Waals surface area contributed by atoms with Gasteiger partial charge in [-0.25, -0.2) is 4.98 Å². The Bertz CT molecular complexity index is 1380. The first-order chi connectivity index (χ1) is 15.7. The molecule has 1 N–H and O–H groups in total. The number of nitrogens with zero attached hydrogens (tertiary/aromatic N) is 5. The summed E-state index contributed by atoms with van der Waals surface area (Å²) in [7, 11) is 0. The third-order valence-electron chi connectivity index (χ3n) is 4.86. The molecule has 0 bridgehead atoms. The van der Waals surface area contributed by atoms with Crippen molar-refractivity contribution >= 4 is 34.5 Å². The number of hydrogen-bond acceptors (Lipinski definition) is 7. The summed E-state index contributed by atoms with van der Waals surface area (Å²) in [6.07, 6.45) is 0. The highest BCUT2D eigenvalue weighted by atomic mass is 32.2. The number of aromatic nitrogens is 5. The largest absolute Gasteiger partial charge is 0.431 e. The summed E-state index contributed by atoms with van der Waals surface area (Å²) < 4.78 is 7.39. The standard InChI is InChI=1S/C23H18N6O2S/c1-15-26-27-28-29(15)18-9-6-8-17(13-18)24-22(30)19-10-3-2-7-16(19)14-32-23-25-20-11-4-5-12-21(20)31-23/h2-13H,14H2,1H3,(H,24,30). The van der Waals surface area contributed by atoms with Gasteiger partial charge in [-0.15, -0.1) is 5.10 Å². The molecule has 158 valence electrons. The van der Waals surface area contributed by atoms with E-state index in [0.29, 0.717) is 28.1 Å². The molecule has 0 unspecified atom stereocenters. The van der Waals surface area contributed by atoms with Crippen molar-refractivity contribution in [3.8, 4) is 5.69 Å². The molecule has 5 rings (SSSR count). The van der Waals surface area contributed by atoms with Crippen molar-refractivity contribution < 1.29 is 9.21 Å². The minimum absolute atomic E-state index is 0.190. The fourth-order valence-electron chi connectivity index (χ4n) is 3.30. The molecule has 0 aliphatic heterocycles. The Morgan fingerprint density at radius 1 is 1.06 bits per heavy atom. The fourth-order valence-corrected chi connectivity index (χ4v) is 4.15. The summed E-state index contributed by atoms with van der Waals surface area (Å²) in [4.78, 5) is 17.5. The predicted octanol–water partition coefficient (Wildman–Crippen LogP) is 4.66. The smallest absolute Gasteiger partial charge is 0.257 e. The van der Waals surface area contributed by atoms with E-state index in [2.05, 4.69) is 25.8 Å². The molecule has 0 spiro atoms. The van der Waals surface area contributed by atoms with Crippen LogP contribution in [0.1, 0.15) is 21.7 Å². The lowest BCUT2D eigenvalue weighted by molar-refractivity contribution is 0.102. The summed E-state index contributed by atoms with van der Waals surface area (Å²) in [5.74, 6) is 1.03. The van der Waals surface area contributed by atoms with Gasteiger partial charge in [-0.2, -0.15) is 4.68 Å². The van der Waals surface area contributed by atoms with Gasteiger partial charge in [0.1, 0.15) is 5.52 Å². The van der Waals surface area contributed by atoms with Gasteiger partial charge in [0.25, 0.3) is 11.1 Å². The van der Waals surface area contributed by atoms with Gasteiger partial charge in [0, 0.05) is 17.0 Å². The van der Waals surface area contributed by atoms with E-state index in [1.165, 1.54) is 11.8 Å². The normalized spacial score (nSPS) is 11.0. The van der Waals surface area contributed by atoms with Crippen molar-refractivity contribution in [1.82, 2.24) is 25.2 Å².